The molecule has 1 aliphatic heterocycles. The van der Waals surface area contributed by atoms with Gasteiger partial charge in [0.25, 0.3) is 5.78 Å². The molecule has 28 heavy (non-hydrogen) atoms. The van der Waals surface area contributed by atoms with Gasteiger partial charge in [0.1, 0.15) is 24.5 Å². The summed E-state index contributed by atoms with van der Waals surface area (Å²) in [5.74, 6) is -1.80. The summed E-state index contributed by atoms with van der Waals surface area (Å²) < 4.78 is 15.1. The number of ketones is 1. The first-order valence-electron chi connectivity index (χ1n) is 8.88. The largest absolute Gasteiger partial charge is 0.314 e. The Balaban J connectivity index is 1.51. The molecule has 1 N–H and O–H groups in total. The molecule has 7 nitrogen and oxygen atoms in total. The lowest BCUT2D eigenvalue weighted by Crippen LogP contribution is -3.10. The first-order chi connectivity index (χ1) is 13.5. The van der Waals surface area contributed by atoms with E-state index in [4.69, 9.17) is 0 Å². The number of anilines is 1. The van der Waals surface area contributed by atoms with Gasteiger partial charge in [-0.3, -0.25) is 14.5 Å². The van der Waals surface area contributed by atoms with Crippen molar-refractivity contribution in [2.24, 2.45) is 0 Å². The van der Waals surface area contributed by atoms with Crippen LogP contribution in [0.15, 0.2) is 55.1 Å². The molecular formula is C20H19FN5O2+. The minimum atomic E-state index is -0.660. The fraction of sp³-hybridized carbons (Fsp3) is 0.200. The quantitative estimate of drug-likeness (QED) is 0.675. The minimum absolute atomic E-state index is 0.0668. The van der Waals surface area contributed by atoms with Gasteiger partial charge in [-0.25, -0.2) is 14.1 Å². The van der Waals surface area contributed by atoms with Crippen molar-refractivity contribution in [2.75, 3.05) is 18.6 Å². The van der Waals surface area contributed by atoms with Crippen molar-refractivity contribution >= 4 is 17.4 Å². The van der Waals surface area contributed by atoms with E-state index in [9.17, 15) is 14.0 Å². The molecule has 2 atom stereocenters. The van der Waals surface area contributed by atoms with Gasteiger partial charge in [-0.1, -0.05) is 12.1 Å². The van der Waals surface area contributed by atoms with Crippen LogP contribution in [0, 0.1) is 5.82 Å². The van der Waals surface area contributed by atoms with Gasteiger partial charge < -0.3 is 4.90 Å². The number of carbonyl (C=O) groups is 2. The first kappa shape index (κ1) is 18.0. The zero-order chi connectivity index (χ0) is 19.8. The van der Waals surface area contributed by atoms with Gasteiger partial charge in [0, 0.05) is 5.56 Å². The highest BCUT2D eigenvalue weighted by Gasteiger charge is 2.38. The molecule has 0 saturated heterocycles. The van der Waals surface area contributed by atoms with Crippen molar-refractivity contribution in [3.8, 4) is 5.69 Å². The van der Waals surface area contributed by atoms with Gasteiger partial charge in [0.15, 0.2) is 6.67 Å². The maximum Gasteiger partial charge on any atom is 0.303 e. The molecule has 0 aliphatic carbocycles. The third-order valence-corrected chi connectivity index (χ3v) is 5.16. The van der Waals surface area contributed by atoms with Gasteiger partial charge in [0.05, 0.1) is 24.0 Å². The summed E-state index contributed by atoms with van der Waals surface area (Å²) in [4.78, 5) is 30.9. The molecule has 3 aromatic rings. The van der Waals surface area contributed by atoms with Crippen LogP contribution in [0.4, 0.5) is 10.1 Å². The highest BCUT2D eigenvalue weighted by molar-refractivity contribution is 6.52. The van der Waals surface area contributed by atoms with Crippen molar-refractivity contribution in [3.05, 3.63) is 72.1 Å². The topological polar surface area (TPSA) is 72.5 Å². The van der Waals surface area contributed by atoms with Crippen molar-refractivity contribution < 1.29 is 18.9 Å². The van der Waals surface area contributed by atoms with Crippen LogP contribution in [-0.2, 0) is 4.79 Å². The number of halogens is 1. The molecule has 142 valence electrons. The molecule has 0 saturated carbocycles. The second kappa shape index (κ2) is 6.97. The molecule has 4 rings (SSSR count). The number of hydrogen-bond acceptors (Lipinski definition) is 4. The van der Waals surface area contributed by atoms with Crippen LogP contribution < -0.4 is 9.80 Å². The standard InChI is InChI=1S/C20H18FN5O2/c1-13(14-3-6-16(7-4-14)26-11-22-10-23-26)24(2)12-25-18-8-5-15(21)9-17(18)19(27)20(25)28/h3-11,13H,12H2,1-2H3/p+1/t13-/m1/s1. The van der Waals surface area contributed by atoms with Crippen LogP contribution in [0.2, 0.25) is 0 Å². The van der Waals surface area contributed by atoms with E-state index in [1.54, 1.807) is 11.0 Å². The summed E-state index contributed by atoms with van der Waals surface area (Å²) >= 11 is 0. The zero-order valence-corrected chi connectivity index (χ0v) is 15.5. The summed E-state index contributed by atoms with van der Waals surface area (Å²) in [5, 5.41) is 4.11. The number of nitrogens with zero attached hydrogens (tertiary/aromatic N) is 4. The summed E-state index contributed by atoms with van der Waals surface area (Å²) in [5.41, 5.74) is 2.58. The van der Waals surface area contributed by atoms with Gasteiger partial charge >= 0.3 is 5.91 Å². The number of carbonyl (C=O) groups excluding carboxylic acids is 2. The fourth-order valence-electron chi connectivity index (χ4n) is 3.36. The Morgan fingerprint density at radius 3 is 2.57 bits per heavy atom. The van der Waals surface area contributed by atoms with Gasteiger partial charge in [-0.15, -0.1) is 0 Å². The van der Waals surface area contributed by atoms with Crippen LogP contribution in [0.1, 0.15) is 28.9 Å². The number of hydrogen-bond donors (Lipinski definition) is 1. The molecule has 0 radical (unpaired) electrons. The second-order valence-electron chi connectivity index (χ2n) is 6.88. The van der Waals surface area contributed by atoms with Gasteiger partial charge in [-0.05, 0) is 37.3 Å². The Bertz CT molecular complexity index is 1030. The van der Waals surface area contributed by atoms with Crippen molar-refractivity contribution in [2.45, 2.75) is 13.0 Å². The van der Waals surface area contributed by atoms with E-state index < -0.39 is 17.5 Å². The molecule has 1 amide bonds. The third-order valence-electron chi connectivity index (χ3n) is 5.16. The molecule has 2 aromatic carbocycles. The van der Waals surface area contributed by atoms with Crippen molar-refractivity contribution in [3.63, 3.8) is 0 Å². The number of Topliss-reactive ketones (excluding diaryl/α,β-unsaturated/α-hetero) is 1. The van der Waals surface area contributed by atoms with Crippen LogP contribution in [0.25, 0.3) is 5.69 Å². The smallest absolute Gasteiger partial charge is 0.303 e. The average molecular weight is 380 g/mol. The Kier molecular flexibility index (Phi) is 4.48. The highest BCUT2D eigenvalue weighted by atomic mass is 19.1. The molecule has 1 aliphatic rings. The van der Waals surface area contributed by atoms with Crippen LogP contribution in [0.3, 0.4) is 0 Å². The zero-order valence-electron chi connectivity index (χ0n) is 15.5. The SMILES string of the molecule is C[C@H](c1ccc(-n2cncn2)cc1)[NH+](C)CN1C(=O)C(=O)c2cc(F)ccc21. The van der Waals surface area contributed by atoms with Gasteiger partial charge in [-0.2, -0.15) is 5.10 Å². The lowest BCUT2D eigenvalue weighted by atomic mass is 10.1. The number of benzene rings is 2. The summed E-state index contributed by atoms with van der Waals surface area (Å²) in [6, 6.07) is 11.9. The second-order valence-corrected chi connectivity index (χ2v) is 6.88. The fourth-order valence-corrected chi connectivity index (χ4v) is 3.36. The minimum Gasteiger partial charge on any atom is -0.314 e. The van der Waals surface area contributed by atoms with Gasteiger partial charge in [0.2, 0.25) is 0 Å². The first-order valence-corrected chi connectivity index (χ1v) is 8.88. The number of quaternary nitrogens is 1. The van der Waals surface area contributed by atoms with E-state index in [1.807, 2.05) is 38.2 Å². The van der Waals surface area contributed by atoms with E-state index in [-0.39, 0.29) is 11.6 Å². The average Bonchev–Trinajstić information content (AvgIpc) is 3.32. The molecule has 1 unspecified atom stereocenters. The summed E-state index contributed by atoms with van der Waals surface area (Å²) in [7, 11) is 1.95. The van der Waals surface area contributed by atoms with E-state index in [1.165, 1.54) is 23.4 Å². The number of amides is 1. The van der Waals surface area contributed by atoms with Crippen LogP contribution in [0.5, 0.6) is 0 Å². The van der Waals surface area contributed by atoms with E-state index in [0.29, 0.717) is 12.4 Å². The molecule has 1 aromatic heterocycles. The Hall–Kier alpha value is -3.39. The molecular weight excluding hydrogens is 361 g/mol. The molecule has 0 bridgehead atoms. The third kappa shape index (κ3) is 3.07. The Morgan fingerprint density at radius 1 is 1.14 bits per heavy atom. The maximum absolute atomic E-state index is 13.4. The predicted molar refractivity (Wildman–Crippen MR) is 99.7 cm³/mol. The predicted octanol–water partition coefficient (Wildman–Crippen LogP) is 1.17. The lowest BCUT2D eigenvalue weighted by molar-refractivity contribution is -0.909. The van der Waals surface area contributed by atoms with E-state index in [2.05, 4.69) is 10.1 Å². The normalized spacial score (nSPS) is 15.6. The van der Waals surface area contributed by atoms with Crippen LogP contribution >= 0.6 is 0 Å². The van der Waals surface area contributed by atoms with Crippen molar-refractivity contribution in [1.29, 1.82) is 0 Å². The Labute approximate surface area is 161 Å². The molecule has 8 heteroatoms. The summed E-state index contributed by atoms with van der Waals surface area (Å²) in [6.07, 6.45) is 3.11. The number of fused-ring (bicyclic) bond motifs is 1. The number of nitrogens with one attached hydrogen (secondary N) is 1. The summed E-state index contributed by atoms with van der Waals surface area (Å²) in [6.45, 7) is 2.35. The number of aromatic nitrogens is 3. The Morgan fingerprint density at radius 2 is 1.89 bits per heavy atom. The molecule has 0 fully saturated rings. The molecule has 0 spiro atoms. The van der Waals surface area contributed by atoms with Crippen LogP contribution in [-0.4, -0.2) is 40.2 Å². The van der Waals surface area contributed by atoms with E-state index >= 15 is 0 Å². The molecule has 2 heterocycles. The maximum atomic E-state index is 13.4. The van der Waals surface area contributed by atoms with E-state index in [0.717, 1.165) is 22.2 Å². The monoisotopic (exact) mass is 380 g/mol. The highest BCUT2D eigenvalue weighted by Crippen LogP contribution is 2.28. The van der Waals surface area contributed by atoms with Crippen molar-refractivity contribution in [1.82, 2.24) is 14.8 Å². The lowest BCUT2D eigenvalue weighted by Gasteiger charge is -2.26. The number of rotatable bonds is 5.